The van der Waals surface area contributed by atoms with E-state index in [0.29, 0.717) is 18.8 Å². The van der Waals surface area contributed by atoms with E-state index in [1.54, 1.807) is 6.08 Å². The minimum absolute atomic E-state index is 0.0248. The zero-order valence-electron chi connectivity index (χ0n) is 28.9. The average Bonchev–Trinajstić information content (AvgIpc) is 3.34. The van der Waals surface area contributed by atoms with E-state index in [0.717, 1.165) is 89.2 Å². The molecule has 1 N–H and O–H groups in total. The van der Waals surface area contributed by atoms with Gasteiger partial charge in [-0.05, 0) is 90.7 Å². The number of anilines is 3. The molecule has 0 aromatic carbocycles. The maximum atomic E-state index is 14.1. The number of fused-ring (bicyclic) bond motifs is 5. The Bertz CT molecular complexity index is 1410. The number of carbonyl (C=O) groups is 2. The van der Waals surface area contributed by atoms with E-state index < -0.39 is 11.0 Å². The fraction of sp³-hybridized carbons (Fsp3) is 0.676. The van der Waals surface area contributed by atoms with Crippen LogP contribution >= 0.6 is 0 Å². The lowest BCUT2D eigenvalue weighted by molar-refractivity contribution is -0.154. The molecule has 3 fully saturated rings. The number of Topliss-reactive ketones (excluding diaryl/α,β-unsaturated/α-hetero) is 1. The summed E-state index contributed by atoms with van der Waals surface area (Å²) in [7, 11) is 0. The first kappa shape index (κ1) is 32.9. The molecule has 9 nitrogen and oxygen atoms in total. The van der Waals surface area contributed by atoms with Crippen molar-refractivity contribution in [1.82, 2.24) is 14.9 Å². The Morgan fingerprint density at radius 1 is 1.00 bits per heavy atom. The molecule has 6 rings (SSSR count). The minimum atomic E-state index is -1.32. The number of rotatable bonds is 10. The summed E-state index contributed by atoms with van der Waals surface area (Å²) in [5.41, 5.74) is 0.585. The van der Waals surface area contributed by atoms with Crippen molar-refractivity contribution >= 4 is 29.2 Å². The van der Waals surface area contributed by atoms with Gasteiger partial charge in [0.25, 0.3) is 0 Å². The molecule has 250 valence electrons. The molecule has 0 spiro atoms. The number of allylic oxidation sites excluding steroid dienone is 6. The van der Waals surface area contributed by atoms with Crippen LogP contribution in [0.4, 0.5) is 17.6 Å². The Hall–Kier alpha value is -3.04. The number of aliphatic hydroxyl groups is 1. The second-order valence-corrected chi connectivity index (χ2v) is 14.5. The van der Waals surface area contributed by atoms with Crippen LogP contribution < -0.4 is 14.7 Å². The molecule has 2 saturated carbocycles. The van der Waals surface area contributed by atoms with Crippen LogP contribution in [0.25, 0.3) is 0 Å². The third kappa shape index (κ3) is 5.31. The van der Waals surface area contributed by atoms with Gasteiger partial charge in [0.1, 0.15) is 17.2 Å². The Balaban J connectivity index is 1.14. The van der Waals surface area contributed by atoms with Crippen molar-refractivity contribution in [2.45, 2.75) is 79.2 Å². The maximum Gasteiger partial charge on any atom is 0.229 e. The molecule has 0 amide bonds. The quantitative estimate of drug-likeness (QED) is 0.366. The summed E-state index contributed by atoms with van der Waals surface area (Å²) in [6.07, 6.45) is 11.9. The third-order valence-corrected chi connectivity index (χ3v) is 12.4. The molecule has 46 heavy (non-hydrogen) atoms. The van der Waals surface area contributed by atoms with Crippen LogP contribution in [-0.2, 0) is 9.59 Å². The number of nitrogens with zero attached hydrogens (tertiary/aromatic N) is 6. The van der Waals surface area contributed by atoms with Crippen LogP contribution in [0.5, 0.6) is 0 Å². The summed E-state index contributed by atoms with van der Waals surface area (Å²) in [5.74, 6) is 3.32. The number of hydrogen-bond donors (Lipinski definition) is 1. The number of carbonyl (C=O) groups excluding carboxylic acids is 2. The predicted molar refractivity (Wildman–Crippen MR) is 184 cm³/mol. The first-order chi connectivity index (χ1) is 22.0. The molecule has 5 atom stereocenters. The van der Waals surface area contributed by atoms with Gasteiger partial charge in [-0.2, -0.15) is 9.97 Å². The van der Waals surface area contributed by atoms with Gasteiger partial charge in [0.05, 0.1) is 6.54 Å². The third-order valence-electron chi connectivity index (χ3n) is 12.4. The molecular weight excluding hydrogens is 576 g/mol. The Kier molecular flexibility index (Phi) is 8.96. The van der Waals surface area contributed by atoms with Crippen molar-refractivity contribution in [1.29, 1.82) is 0 Å². The molecule has 2 heterocycles. The Labute approximate surface area is 275 Å². The van der Waals surface area contributed by atoms with E-state index in [1.165, 1.54) is 11.1 Å². The first-order valence-electron chi connectivity index (χ1n) is 17.8. The lowest BCUT2D eigenvalue weighted by atomic mass is 9.51. The monoisotopic (exact) mass is 630 g/mol. The highest BCUT2D eigenvalue weighted by atomic mass is 16.3. The number of aromatic nitrogens is 2. The van der Waals surface area contributed by atoms with Crippen molar-refractivity contribution in [2.75, 3.05) is 73.6 Å². The van der Waals surface area contributed by atoms with E-state index in [9.17, 15) is 14.7 Å². The molecule has 5 aliphatic rings. The van der Waals surface area contributed by atoms with Gasteiger partial charge < -0.3 is 19.8 Å². The summed E-state index contributed by atoms with van der Waals surface area (Å²) < 4.78 is 0. The molecular formula is C37H54N6O3. The van der Waals surface area contributed by atoms with Gasteiger partial charge in [-0.25, -0.2) is 0 Å². The molecule has 0 unspecified atom stereocenters. The lowest BCUT2D eigenvalue weighted by Crippen LogP contribution is -2.58. The van der Waals surface area contributed by atoms with Crippen molar-refractivity contribution in [3.8, 4) is 0 Å². The van der Waals surface area contributed by atoms with Crippen LogP contribution in [-0.4, -0.2) is 96.0 Å². The lowest BCUT2D eigenvalue weighted by Gasteiger charge is -2.53. The molecule has 1 aliphatic heterocycles. The zero-order chi connectivity index (χ0) is 32.9. The van der Waals surface area contributed by atoms with Gasteiger partial charge >= 0.3 is 0 Å². The van der Waals surface area contributed by atoms with Crippen LogP contribution in [0.1, 0.15) is 73.6 Å². The van der Waals surface area contributed by atoms with E-state index in [-0.39, 0.29) is 29.4 Å². The smallest absolute Gasteiger partial charge is 0.229 e. The van der Waals surface area contributed by atoms with Crippen molar-refractivity contribution in [3.05, 3.63) is 41.5 Å². The largest absolute Gasteiger partial charge is 0.381 e. The number of piperazine rings is 1. The van der Waals surface area contributed by atoms with Gasteiger partial charge in [-0.15, -0.1) is 0 Å². The second-order valence-electron chi connectivity index (χ2n) is 14.5. The molecule has 4 aliphatic carbocycles. The van der Waals surface area contributed by atoms with Gasteiger partial charge in [0, 0.05) is 69.3 Å². The van der Waals surface area contributed by atoms with Gasteiger partial charge in [-0.3, -0.25) is 14.5 Å². The highest BCUT2D eigenvalue weighted by Crippen LogP contribution is 2.65. The first-order valence-corrected chi connectivity index (χ1v) is 17.8. The van der Waals surface area contributed by atoms with Crippen molar-refractivity contribution in [2.24, 2.45) is 22.7 Å². The second kappa shape index (κ2) is 12.5. The minimum Gasteiger partial charge on any atom is -0.381 e. The number of ketones is 2. The van der Waals surface area contributed by atoms with Crippen molar-refractivity contribution in [3.63, 3.8) is 0 Å². The fourth-order valence-electron chi connectivity index (χ4n) is 9.39. The van der Waals surface area contributed by atoms with Gasteiger partial charge in [0.15, 0.2) is 11.6 Å². The van der Waals surface area contributed by atoms with Gasteiger partial charge in [-0.1, -0.05) is 30.2 Å². The maximum absolute atomic E-state index is 14.1. The zero-order valence-corrected chi connectivity index (χ0v) is 28.9. The van der Waals surface area contributed by atoms with E-state index in [2.05, 4.69) is 79.4 Å². The van der Waals surface area contributed by atoms with Crippen LogP contribution in [0.15, 0.2) is 41.5 Å². The summed E-state index contributed by atoms with van der Waals surface area (Å²) in [5, 5.41) is 12.2. The highest BCUT2D eigenvalue weighted by molar-refractivity contribution is 6.01. The average molecular weight is 631 g/mol. The topological polar surface area (TPSA) is 93.1 Å². The molecule has 0 radical (unpaired) electrons. The van der Waals surface area contributed by atoms with E-state index in [1.807, 2.05) is 6.08 Å². The Morgan fingerprint density at radius 3 is 2.37 bits per heavy atom. The van der Waals surface area contributed by atoms with Crippen LogP contribution in [0.2, 0.25) is 0 Å². The van der Waals surface area contributed by atoms with E-state index >= 15 is 0 Å². The van der Waals surface area contributed by atoms with Gasteiger partial charge in [0.2, 0.25) is 5.95 Å². The predicted octanol–water partition coefficient (Wildman–Crippen LogP) is 4.82. The summed E-state index contributed by atoms with van der Waals surface area (Å²) in [6.45, 7) is 19.8. The normalized spacial score (nSPS) is 32.3. The SMILES string of the molecule is CCN(CC)c1cc(N2CCN(CC(=O)[C@@]3(O)CC[C@H]4[C@@H]5CCC6=CC(=O)C=C[C@]6(C)C5=CC[C@@]43C)CC2)nc(N(CC)CC)n1. The standard InChI is InChI=1S/C37H54N6O3/c1-7-41(8-2)32-24-33(39-34(38-32)42(9-3)10-4)43-21-19-40(20-22-43)25-31(45)37(46)18-15-30-28-12-11-26-23-27(44)13-16-35(26,5)29(28)14-17-36(30,37)6/h13-14,16,23-24,28,30,46H,7-12,15,17-22,25H2,1-6H3/t28-,30+,35+,36+,37+/m1/s1. The summed E-state index contributed by atoms with van der Waals surface area (Å²) in [6, 6.07) is 2.11. The van der Waals surface area contributed by atoms with Crippen LogP contribution in [0, 0.1) is 22.7 Å². The Morgan fingerprint density at radius 2 is 1.70 bits per heavy atom. The van der Waals surface area contributed by atoms with Crippen molar-refractivity contribution < 1.29 is 14.7 Å². The van der Waals surface area contributed by atoms with E-state index in [4.69, 9.17) is 9.97 Å². The summed E-state index contributed by atoms with van der Waals surface area (Å²) >= 11 is 0. The number of hydrogen-bond acceptors (Lipinski definition) is 9. The molecule has 0 bridgehead atoms. The molecule has 9 heteroatoms. The molecule has 1 aromatic rings. The molecule has 1 aromatic heterocycles. The fourth-order valence-corrected chi connectivity index (χ4v) is 9.39. The highest BCUT2D eigenvalue weighted by Gasteiger charge is 2.64. The molecule has 1 saturated heterocycles. The summed E-state index contributed by atoms with van der Waals surface area (Å²) in [4.78, 5) is 45.1. The van der Waals surface area contributed by atoms with Crippen LogP contribution in [0.3, 0.4) is 0 Å².